The number of phenolic OH excluding ortho intramolecular Hbond substituents is 1. The van der Waals surface area contributed by atoms with E-state index in [2.05, 4.69) is 15.1 Å². The van der Waals surface area contributed by atoms with Crippen LogP contribution in [0.1, 0.15) is 5.56 Å². The number of alkyl halides is 3. The molecule has 1 aliphatic rings. The van der Waals surface area contributed by atoms with E-state index in [4.69, 9.17) is 4.74 Å². The Balaban J connectivity index is 1.66. The molecule has 1 N–H and O–H groups in total. The van der Waals surface area contributed by atoms with Gasteiger partial charge in [0.15, 0.2) is 29.0 Å². The molecule has 4 aromatic rings. The quantitative estimate of drug-likeness (QED) is 0.439. The van der Waals surface area contributed by atoms with Crippen molar-refractivity contribution < 1.29 is 31.8 Å². The Labute approximate surface area is 182 Å². The predicted molar refractivity (Wildman–Crippen MR) is 107 cm³/mol. The number of ether oxygens (including phenoxy) is 1. The number of phenols is 1. The fourth-order valence-corrected chi connectivity index (χ4v) is 3.76. The van der Waals surface area contributed by atoms with E-state index in [1.54, 1.807) is 29.3 Å². The number of pyridine rings is 2. The van der Waals surface area contributed by atoms with Gasteiger partial charge in [0.05, 0.1) is 17.6 Å². The van der Waals surface area contributed by atoms with Gasteiger partial charge in [0.2, 0.25) is 0 Å². The fourth-order valence-electron chi connectivity index (χ4n) is 3.76. The zero-order valence-electron chi connectivity index (χ0n) is 16.9. The maximum absolute atomic E-state index is 14.6. The zero-order valence-corrected chi connectivity index (χ0v) is 16.9. The molecule has 5 rings (SSSR count). The van der Waals surface area contributed by atoms with E-state index in [1.807, 2.05) is 0 Å². The number of hydrogen-bond acceptors (Lipinski definition) is 6. The highest BCUT2D eigenvalue weighted by molar-refractivity contribution is 5.94. The number of anilines is 2. The van der Waals surface area contributed by atoms with Crippen LogP contribution in [-0.2, 0) is 13.2 Å². The van der Waals surface area contributed by atoms with E-state index in [0.29, 0.717) is 42.1 Å². The highest BCUT2D eigenvalue weighted by Crippen LogP contribution is 2.42. The van der Waals surface area contributed by atoms with Gasteiger partial charge in [-0.3, -0.25) is 4.68 Å². The van der Waals surface area contributed by atoms with E-state index in [1.165, 1.54) is 17.9 Å². The molecule has 0 aliphatic carbocycles. The highest BCUT2D eigenvalue weighted by atomic mass is 19.4. The number of benzene rings is 1. The zero-order chi connectivity index (χ0) is 23.5. The minimum Gasteiger partial charge on any atom is -0.503 e. The van der Waals surface area contributed by atoms with Crippen molar-refractivity contribution in [3.8, 4) is 22.8 Å². The summed E-state index contributed by atoms with van der Waals surface area (Å²) in [4.78, 5) is 10.5. The van der Waals surface area contributed by atoms with Crippen molar-refractivity contribution in [2.24, 2.45) is 7.05 Å². The van der Waals surface area contributed by atoms with E-state index >= 15 is 0 Å². The number of rotatable bonds is 2. The van der Waals surface area contributed by atoms with Crippen LogP contribution >= 0.6 is 0 Å². The molecule has 1 aliphatic heterocycles. The van der Waals surface area contributed by atoms with Gasteiger partial charge >= 0.3 is 6.18 Å². The molecule has 0 radical (unpaired) electrons. The van der Waals surface area contributed by atoms with E-state index in [0.717, 1.165) is 0 Å². The molecule has 12 heteroatoms. The van der Waals surface area contributed by atoms with Crippen molar-refractivity contribution in [1.82, 2.24) is 19.7 Å². The number of hydrogen-bond donors (Lipinski definition) is 1. The molecule has 0 saturated carbocycles. The number of nitrogens with zero attached hydrogens (tertiary/aromatic N) is 5. The maximum atomic E-state index is 14.6. The average molecular weight is 463 g/mol. The van der Waals surface area contributed by atoms with Crippen molar-refractivity contribution >= 4 is 22.5 Å². The van der Waals surface area contributed by atoms with Gasteiger partial charge in [-0.15, -0.1) is 0 Å². The Bertz CT molecular complexity index is 1400. The lowest BCUT2D eigenvalue weighted by molar-refractivity contribution is -0.140. The summed E-state index contributed by atoms with van der Waals surface area (Å²) >= 11 is 0. The van der Waals surface area contributed by atoms with Crippen molar-refractivity contribution in [3.05, 3.63) is 53.9 Å². The van der Waals surface area contributed by atoms with Crippen LogP contribution in [0.5, 0.6) is 11.5 Å². The smallest absolute Gasteiger partial charge is 0.419 e. The molecule has 0 unspecified atom stereocenters. The predicted octanol–water partition coefficient (Wildman–Crippen LogP) is 4.56. The van der Waals surface area contributed by atoms with Crippen LogP contribution in [-0.4, -0.2) is 38.0 Å². The summed E-state index contributed by atoms with van der Waals surface area (Å²) in [6, 6.07) is 5.41. The first-order chi connectivity index (χ1) is 15.7. The van der Waals surface area contributed by atoms with Crippen molar-refractivity contribution in [2.45, 2.75) is 6.18 Å². The summed E-state index contributed by atoms with van der Waals surface area (Å²) in [5.74, 6) is -3.76. The first-order valence-corrected chi connectivity index (χ1v) is 9.63. The van der Waals surface area contributed by atoms with E-state index in [-0.39, 0.29) is 11.1 Å². The van der Waals surface area contributed by atoms with Crippen LogP contribution in [0.25, 0.3) is 22.2 Å². The number of aryl methyl sites for hydroxylation is 1. The van der Waals surface area contributed by atoms with E-state index < -0.39 is 34.7 Å². The Kier molecular flexibility index (Phi) is 4.62. The molecule has 0 saturated heterocycles. The first kappa shape index (κ1) is 20.9. The summed E-state index contributed by atoms with van der Waals surface area (Å²) in [5, 5.41) is 14.0. The van der Waals surface area contributed by atoms with Gasteiger partial charge in [0, 0.05) is 36.5 Å². The molecule has 170 valence electrons. The normalized spacial score (nSPS) is 13.8. The first-order valence-electron chi connectivity index (χ1n) is 9.63. The Morgan fingerprint density at radius 2 is 1.91 bits per heavy atom. The molecule has 0 bridgehead atoms. The van der Waals surface area contributed by atoms with Crippen molar-refractivity contribution in [3.63, 3.8) is 0 Å². The summed E-state index contributed by atoms with van der Waals surface area (Å²) in [6.45, 7) is 0.831. The minimum atomic E-state index is -5.14. The average Bonchev–Trinajstić information content (AvgIpc) is 3.12. The van der Waals surface area contributed by atoms with Crippen molar-refractivity contribution in [1.29, 1.82) is 0 Å². The number of halogens is 5. The number of aromatic nitrogens is 4. The second-order valence-corrected chi connectivity index (χ2v) is 7.30. The maximum Gasteiger partial charge on any atom is 0.419 e. The lowest BCUT2D eigenvalue weighted by atomic mass is 10.0. The molecule has 0 amide bonds. The van der Waals surface area contributed by atoms with Gasteiger partial charge < -0.3 is 14.7 Å². The van der Waals surface area contributed by atoms with Gasteiger partial charge in [-0.25, -0.2) is 18.7 Å². The monoisotopic (exact) mass is 463 g/mol. The second kappa shape index (κ2) is 7.29. The van der Waals surface area contributed by atoms with Gasteiger partial charge in [-0.1, -0.05) is 0 Å². The van der Waals surface area contributed by atoms with Gasteiger partial charge in [-0.2, -0.15) is 18.3 Å². The molecule has 0 atom stereocenters. The van der Waals surface area contributed by atoms with Gasteiger partial charge in [0.1, 0.15) is 18.1 Å². The van der Waals surface area contributed by atoms with Crippen LogP contribution in [0.4, 0.5) is 33.6 Å². The largest absolute Gasteiger partial charge is 0.503 e. The second-order valence-electron chi connectivity index (χ2n) is 7.30. The summed E-state index contributed by atoms with van der Waals surface area (Å²) in [6.07, 6.45) is -2.21. The molecule has 7 nitrogen and oxygen atoms in total. The topological polar surface area (TPSA) is 76.3 Å². The van der Waals surface area contributed by atoms with E-state index in [9.17, 15) is 27.1 Å². The molecule has 1 aromatic carbocycles. The summed E-state index contributed by atoms with van der Waals surface area (Å²) in [5.41, 5.74) is -2.28. The minimum absolute atomic E-state index is 0.216. The molecule has 3 aromatic heterocycles. The Hall–Kier alpha value is -3.96. The van der Waals surface area contributed by atoms with Crippen LogP contribution in [0, 0.1) is 11.6 Å². The fraction of sp³-hybridized carbons (Fsp3) is 0.190. The molecule has 0 spiro atoms. The molecule has 0 fully saturated rings. The molecule has 33 heavy (non-hydrogen) atoms. The molecule has 4 heterocycles. The summed E-state index contributed by atoms with van der Waals surface area (Å²) in [7, 11) is 1.52. The van der Waals surface area contributed by atoms with Crippen molar-refractivity contribution in [2.75, 3.05) is 18.1 Å². The van der Waals surface area contributed by atoms with Gasteiger partial charge in [-0.05, 0) is 18.2 Å². The molecular weight excluding hydrogens is 449 g/mol. The third kappa shape index (κ3) is 3.29. The third-order valence-corrected chi connectivity index (χ3v) is 5.31. The lowest BCUT2D eigenvalue weighted by Crippen LogP contribution is -2.30. The molecular formula is C21H14F5N5O2. The SMILES string of the molecule is Cn1nc(-c2cc(C(F)(F)F)c(F)c(O)c2F)c2cnc(N3CCOc4cccnc43)cc21. The lowest BCUT2D eigenvalue weighted by Gasteiger charge is -2.28. The number of fused-ring (bicyclic) bond motifs is 2. The summed E-state index contributed by atoms with van der Waals surface area (Å²) < 4.78 is 75.1. The van der Waals surface area contributed by atoms with Crippen LogP contribution < -0.4 is 9.64 Å². The van der Waals surface area contributed by atoms with Gasteiger partial charge in [0.25, 0.3) is 0 Å². The van der Waals surface area contributed by atoms with Crippen LogP contribution in [0.3, 0.4) is 0 Å². The highest BCUT2D eigenvalue weighted by Gasteiger charge is 2.38. The number of aromatic hydroxyl groups is 1. The third-order valence-electron chi connectivity index (χ3n) is 5.31. The van der Waals surface area contributed by atoms with Crippen LogP contribution in [0.2, 0.25) is 0 Å². The Morgan fingerprint density at radius 3 is 2.67 bits per heavy atom. The standard InChI is InChI=1S/C21H14F5N5O2/c1-30-13-8-15(31-5-6-33-14-3-2-4-27-20(14)31)28-9-11(13)18(29-30)10-7-12(21(24,25)26)17(23)19(32)16(10)22/h2-4,7-9,32H,5-6H2,1H3. The Morgan fingerprint density at radius 1 is 1.12 bits per heavy atom. The van der Waals surface area contributed by atoms with Crippen LogP contribution in [0.15, 0.2) is 36.7 Å².